The minimum absolute atomic E-state index is 0.116. The predicted octanol–water partition coefficient (Wildman–Crippen LogP) is 4.90. The molecule has 0 atom stereocenters. The maximum Gasteiger partial charge on any atom is 0.295 e. The second-order valence-electron chi connectivity index (χ2n) is 7.27. The summed E-state index contributed by atoms with van der Waals surface area (Å²) in [5.74, 6) is -0.985. The van der Waals surface area contributed by atoms with Crippen LogP contribution in [0.2, 0.25) is 0 Å². The standard InChI is InChI=1S/C25H19FN4O2S/c1-16-23(25(32)30(29(16)2)20-6-4-3-5-7-20)28-24(31)18(15-27)14-21-12-13-22(33-21)17-8-10-19(26)11-9-17/h3-14H,1-2H3,(H,28,31)/b18-14-. The molecule has 2 aromatic carbocycles. The van der Waals surface area contributed by atoms with Gasteiger partial charge in [-0.15, -0.1) is 11.3 Å². The lowest BCUT2D eigenvalue weighted by Crippen LogP contribution is -2.23. The van der Waals surface area contributed by atoms with Gasteiger partial charge in [-0.2, -0.15) is 5.26 Å². The van der Waals surface area contributed by atoms with Crippen molar-refractivity contribution in [3.8, 4) is 22.2 Å². The number of nitrogens with zero attached hydrogens (tertiary/aromatic N) is 3. The van der Waals surface area contributed by atoms with Crippen molar-refractivity contribution in [1.82, 2.24) is 9.36 Å². The van der Waals surface area contributed by atoms with Gasteiger partial charge in [-0.3, -0.25) is 14.3 Å². The number of carbonyl (C=O) groups excluding carboxylic acids is 1. The Morgan fingerprint density at radius 1 is 1.09 bits per heavy atom. The zero-order valence-electron chi connectivity index (χ0n) is 17.9. The van der Waals surface area contributed by atoms with Crippen LogP contribution in [0.4, 0.5) is 10.1 Å². The number of nitriles is 1. The van der Waals surface area contributed by atoms with Gasteiger partial charge in [-0.1, -0.05) is 30.3 Å². The van der Waals surface area contributed by atoms with E-state index >= 15 is 0 Å². The zero-order valence-corrected chi connectivity index (χ0v) is 18.7. The number of halogens is 1. The Hall–Kier alpha value is -4.22. The number of aromatic nitrogens is 2. The van der Waals surface area contributed by atoms with E-state index in [-0.39, 0.29) is 22.6 Å². The number of anilines is 1. The van der Waals surface area contributed by atoms with Gasteiger partial charge in [0.05, 0.1) is 11.4 Å². The first-order chi connectivity index (χ1) is 15.9. The van der Waals surface area contributed by atoms with Crippen molar-refractivity contribution >= 4 is 29.0 Å². The third kappa shape index (κ3) is 4.40. The van der Waals surface area contributed by atoms with Crippen LogP contribution in [0.3, 0.4) is 0 Å². The quantitative estimate of drug-likeness (QED) is 0.341. The fraction of sp³-hybridized carbons (Fsp3) is 0.0800. The van der Waals surface area contributed by atoms with Gasteiger partial charge >= 0.3 is 0 Å². The molecule has 0 unspecified atom stereocenters. The molecule has 0 aliphatic carbocycles. The smallest absolute Gasteiger partial charge is 0.295 e. The summed E-state index contributed by atoms with van der Waals surface area (Å²) in [6.07, 6.45) is 1.47. The third-order valence-corrected chi connectivity index (χ3v) is 6.28. The normalized spacial score (nSPS) is 11.3. The highest BCUT2D eigenvalue weighted by Crippen LogP contribution is 2.29. The van der Waals surface area contributed by atoms with Crippen molar-refractivity contribution in [2.75, 3.05) is 5.32 Å². The van der Waals surface area contributed by atoms with Gasteiger partial charge in [0.2, 0.25) is 0 Å². The van der Waals surface area contributed by atoms with Gasteiger partial charge < -0.3 is 5.32 Å². The first-order valence-corrected chi connectivity index (χ1v) is 10.8. The molecule has 1 N–H and O–H groups in total. The molecular weight excluding hydrogens is 439 g/mol. The number of amides is 1. The fourth-order valence-electron chi connectivity index (χ4n) is 3.38. The van der Waals surface area contributed by atoms with Crippen molar-refractivity contribution in [3.63, 3.8) is 0 Å². The van der Waals surface area contributed by atoms with Crippen LogP contribution >= 0.6 is 11.3 Å². The van der Waals surface area contributed by atoms with Crippen LogP contribution in [-0.2, 0) is 11.8 Å². The summed E-state index contributed by atoms with van der Waals surface area (Å²) in [5.41, 5.74) is 1.66. The minimum Gasteiger partial charge on any atom is -0.315 e. The second kappa shape index (κ2) is 9.10. The molecule has 0 aliphatic rings. The topological polar surface area (TPSA) is 79.8 Å². The Morgan fingerprint density at radius 2 is 1.79 bits per heavy atom. The summed E-state index contributed by atoms with van der Waals surface area (Å²) < 4.78 is 16.3. The molecule has 6 nitrogen and oxygen atoms in total. The van der Waals surface area contributed by atoms with E-state index in [9.17, 15) is 19.2 Å². The molecule has 0 bridgehead atoms. The van der Waals surface area contributed by atoms with Crippen LogP contribution in [0.5, 0.6) is 0 Å². The van der Waals surface area contributed by atoms with Gasteiger partial charge in [-0.25, -0.2) is 9.07 Å². The van der Waals surface area contributed by atoms with E-state index in [2.05, 4.69) is 5.32 Å². The molecule has 0 aliphatic heterocycles. The molecular formula is C25H19FN4O2S. The van der Waals surface area contributed by atoms with Gasteiger partial charge in [0.1, 0.15) is 23.1 Å². The first kappa shape index (κ1) is 22.0. The average Bonchev–Trinajstić information content (AvgIpc) is 3.37. The van der Waals surface area contributed by atoms with Crippen LogP contribution in [-0.4, -0.2) is 15.3 Å². The minimum atomic E-state index is -0.666. The highest BCUT2D eigenvalue weighted by molar-refractivity contribution is 7.16. The molecule has 2 aromatic heterocycles. The van der Waals surface area contributed by atoms with Gasteiger partial charge in [0.15, 0.2) is 0 Å². The van der Waals surface area contributed by atoms with Crippen LogP contribution in [0.1, 0.15) is 10.6 Å². The predicted molar refractivity (Wildman–Crippen MR) is 128 cm³/mol. The number of carbonyl (C=O) groups is 1. The Morgan fingerprint density at radius 3 is 2.45 bits per heavy atom. The van der Waals surface area contributed by atoms with Crippen LogP contribution in [0, 0.1) is 24.1 Å². The average molecular weight is 459 g/mol. The highest BCUT2D eigenvalue weighted by atomic mass is 32.1. The number of hydrogen-bond acceptors (Lipinski definition) is 4. The number of thiophene rings is 1. The summed E-state index contributed by atoms with van der Waals surface area (Å²) in [4.78, 5) is 27.4. The number of benzene rings is 2. The Kier molecular flexibility index (Phi) is 6.07. The first-order valence-electron chi connectivity index (χ1n) is 10.0. The lowest BCUT2D eigenvalue weighted by molar-refractivity contribution is -0.112. The molecule has 4 aromatic rings. The summed E-state index contributed by atoms with van der Waals surface area (Å²) >= 11 is 1.37. The Bertz CT molecular complexity index is 1460. The number of para-hydroxylation sites is 1. The van der Waals surface area contributed by atoms with Gasteiger partial charge in [0, 0.05) is 16.8 Å². The fourth-order valence-corrected chi connectivity index (χ4v) is 4.34. The maximum atomic E-state index is 13.2. The van der Waals surface area contributed by atoms with Crippen LogP contribution in [0.15, 0.2) is 77.1 Å². The van der Waals surface area contributed by atoms with Gasteiger partial charge in [-0.05, 0) is 55.0 Å². The SMILES string of the molecule is Cc1c(NC(=O)/C(C#N)=C\c2ccc(-c3ccc(F)cc3)s2)c(=O)n(-c2ccccc2)n1C. The van der Waals surface area contributed by atoms with E-state index in [1.807, 2.05) is 30.3 Å². The lowest BCUT2D eigenvalue weighted by Gasteiger charge is -2.07. The molecule has 0 spiro atoms. The van der Waals surface area contributed by atoms with Gasteiger partial charge in [0.25, 0.3) is 11.5 Å². The molecule has 0 fully saturated rings. The molecule has 0 radical (unpaired) electrons. The van der Waals surface area contributed by atoms with Crippen LogP contribution < -0.4 is 10.9 Å². The zero-order chi connectivity index (χ0) is 23.5. The molecule has 164 valence electrons. The van der Waals surface area contributed by atoms with Crippen molar-refractivity contribution < 1.29 is 9.18 Å². The van der Waals surface area contributed by atoms with E-state index in [0.717, 1.165) is 10.4 Å². The molecule has 2 heterocycles. The maximum absolute atomic E-state index is 13.2. The summed E-state index contributed by atoms with van der Waals surface area (Å²) in [6, 6.07) is 20.7. The summed E-state index contributed by atoms with van der Waals surface area (Å²) in [7, 11) is 1.73. The molecule has 33 heavy (non-hydrogen) atoms. The van der Waals surface area contributed by atoms with Crippen molar-refractivity contribution in [2.45, 2.75) is 6.92 Å². The molecule has 1 amide bonds. The van der Waals surface area contributed by atoms with Crippen molar-refractivity contribution in [3.05, 3.63) is 99.0 Å². The van der Waals surface area contributed by atoms with Crippen molar-refractivity contribution in [1.29, 1.82) is 5.26 Å². The number of nitrogens with one attached hydrogen (secondary N) is 1. The Balaban J connectivity index is 1.61. The second-order valence-corrected chi connectivity index (χ2v) is 8.38. The largest absolute Gasteiger partial charge is 0.315 e. The van der Waals surface area contributed by atoms with Crippen LogP contribution in [0.25, 0.3) is 22.2 Å². The lowest BCUT2D eigenvalue weighted by atomic mass is 10.2. The van der Waals surface area contributed by atoms with Crippen molar-refractivity contribution in [2.24, 2.45) is 7.05 Å². The van der Waals surface area contributed by atoms with E-state index in [1.54, 1.807) is 49.0 Å². The molecule has 0 saturated heterocycles. The molecule has 4 rings (SSSR count). The summed E-state index contributed by atoms with van der Waals surface area (Å²) in [6.45, 7) is 1.72. The van der Waals surface area contributed by atoms with E-state index in [0.29, 0.717) is 16.3 Å². The monoisotopic (exact) mass is 458 g/mol. The molecule has 8 heteroatoms. The number of hydrogen-bond donors (Lipinski definition) is 1. The molecule has 0 saturated carbocycles. The third-order valence-electron chi connectivity index (χ3n) is 5.20. The van der Waals surface area contributed by atoms with E-state index in [1.165, 1.54) is 34.2 Å². The number of rotatable bonds is 5. The highest BCUT2D eigenvalue weighted by Gasteiger charge is 2.20. The Labute approximate surface area is 193 Å². The van der Waals surface area contributed by atoms with E-state index in [4.69, 9.17) is 0 Å². The summed E-state index contributed by atoms with van der Waals surface area (Å²) in [5, 5.41) is 12.2. The van der Waals surface area contributed by atoms with E-state index < -0.39 is 5.91 Å².